The molecular weight excluding hydrogens is 308 g/mol. The van der Waals surface area contributed by atoms with Gasteiger partial charge in [0.2, 0.25) is 0 Å². The van der Waals surface area contributed by atoms with E-state index in [1.54, 1.807) is 6.20 Å². The van der Waals surface area contributed by atoms with Gasteiger partial charge >= 0.3 is 0 Å². The molecule has 1 aromatic heterocycles. The Morgan fingerprint density at radius 1 is 1.26 bits per heavy atom. The van der Waals surface area contributed by atoms with Gasteiger partial charge in [-0.2, -0.15) is 0 Å². The second-order valence-corrected chi connectivity index (χ2v) is 5.74. The van der Waals surface area contributed by atoms with Crippen LogP contribution in [-0.2, 0) is 0 Å². The molecular formula is C19H21ClN2O. The van der Waals surface area contributed by atoms with E-state index in [-0.39, 0.29) is 6.10 Å². The van der Waals surface area contributed by atoms with Gasteiger partial charge < -0.3 is 4.74 Å². The zero-order chi connectivity index (χ0) is 16.8. The number of aromatic nitrogens is 2. The predicted octanol–water partition coefficient (Wildman–Crippen LogP) is 5.61. The highest BCUT2D eigenvalue weighted by Crippen LogP contribution is 2.38. The standard InChI is InChI=1S/C19H21ClN2O/c1-5-7-9-14(8-6-2)15-10-17(20)16-11-21-12-22-18(16)19(15)23-13(3)4/h5-13H,1-4H3/b7-5-,8-6-,14-9+. The Morgan fingerprint density at radius 2 is 2.04 bits per heavy atom. The third kappa shape index (κ3) is 3.99. The molecule has 1 aromatic carbocycles. The first kappa shape index (κ1) is 17.2. The van der Waals surface area contributed by atoms with Crippen molar-refractivity contribution >= 4 is 28.1 Å². The summed E-state index contributed by atoms with van der Waals surface area (Å²) in [6.45, 7) is 7.96. The lowest BCUT2D eigenvalue weighted by Crippen LogP contribution is -2.08. The highest BCUT2D eigenvalue weighted by molar-refractivity contribution is 6.35. The first-order valence-electron chi connectivity index (χ1n) is 7.63. The third-order valence-corrected chi connectivity index (χ3v) is 3.49. The van der Waals surface area contributed by atoms with Crippen molar-refractivity contribution in [3.63, 3.8) is 0 Å². The molecule has 1 heterocycles. The molecule has 0 unspecified atom stereocenters. The summed E-state index contributed by atoms with van der Waals surface area (Å²) >= 11 is 6.44. The van der Waals surface area contributed by atoms with E-state index < -0.39 is 0 Å². The molecule has 0 atom stereocenters. The first-order chi connectivity index (χ1) is 11.1. The summed E-state index contributed by atoms with van der Waals surface area (Å²) in [5.41, 5.74) is 2.67. The Kier molecular flexibility index (Phi) is 5.94. The maximum Gasteiger partial charge on any atom is 0.153 e. The molecule has 0 bridgehead atoms. The highest BCUT2D eigenvalue weighted by Gasteiger charge is 2.17. The van der Waals surface area contributed by atoms with Gasteiger partial charge in [0, 0.05) is 17.1 Å². The second kappa shape index (κ2) is 7.93. The van der Waals surface area contributed by atoms with Crippen molar-refractivity contribution in [2.24, 2.45) is 0 Å². The van der Waals surface area contributed by atoms with Crippen molar-refractivity contribution in [2.75, 3.05) is 0 Å². The lowest BCUT2D eigenvalue weighted by molar-refractivity contribution is 0.244. The summed E-state index contributed by atoms with van der Waals surface area (Å²) in [5, 5.41) is 1.40. The molecule has 0 aliphatic heterocycles. The average molecular weight is 329 g/mol. The van der Waals surface area contributed by atoms with Gasteiger partial charge in [0.1, 0.15) is 11.8 Å². The number of benzene rings is 1. The van der Waals surface area contributed by atoms with E-state index in [1.807, 2.05) is 64.1 Å². The van der Waals surface area contributed by atoms with Gasteiger partial charge in [0.25, 0.3) is 0 Å². The zero-order valence-corrected chi connectivity index (χ0v) is 14.6. The highest BCUT2D eigenvalue weighted by atomic mass is 35.5. The molecule has 2 aromatic rings. The van der Waals surface area contributed by atoms with E-state index in [0.717, 1.165) is 27.8 Å². The molecule has 0 spiro atoms. The normalized spacial score (nSPS) is 12.9. The van der Waals surface area contributed by atoms with Crippen LogP contribution in [0.5, 0.6) is 5.75 Å². The molecule has 0 amide bonds. The third-order valence-electron chi connectivity index (χ3n) is 3.18. The van der Waals surface area contributed by atoms with Gasteiger partial charge in [-0.25, -0.2) is 9.97 Å². The molecule has 2 rings (SSSR count). The van der Waals surface area contributed by atoms with Crippen LogP contribution in [0.1, 0.15) is 33.3 Å². The molecule has 3 nitrogen and oxygen atoms in total. The molecule has 0 aliphatic rings. The largest absolute Gasteiger partial charge is 0.488 e. The first-order valence-corrected chi connectivity index (χ1v) is 8.01. The van der Waals surface area contributed by atoms with E-state index in [0.29, 0.717) is 5.02 Å². The fraction of sp³-hybridized carbons (Fsp3) is 0.263. The molecule has 0 saturated heterocycles. The number of ether oxygens (including phenoxy) is 1. The minimum atomic E-state index is 0.0293. The average Bonchev–Trinajstić information content (AvgIpc) is 2.54. The SMILES string of the molecule is C\C=C/C=C(\C=C/C)c1cc(Cl)c2cncnc2c1OC(C)C. The van der Waals surface area contributed by atoms with Gasteiger partial charge in [-0.15, -0.1) is 0 Å². The van der Waals surface area contributed by atoms with Crippen LogP contribution >= 0.6 is 11.6 Å². The van der Waals surface area contributed by atoms with Crippen molar-refractivity contribution < 1.29 is 4.74 Å². The molecule has 0 saturated carbocycles. The number of hydrogen-bond acceptors (Lipinski definition) is 3. The molecule has 0 radical (unpaired) electrons. The summed E-state index contributed by atoms with van der Waals surface area (Å²) < 4.78 is 6.07. The Balaban J connectivity index is 2.79. The van der Waals surface area contributed by atoms with Crippen molar-refractivity contribution in [3.8, 4) is 5.75 Å². The van der Waals surface area contributed by atoms with Crippen LogP contribution < -0.4 is 4.74 Å². The monoisotopic (exact) mass is 328 g/mol. The fourth-order valence-corrected chi connectivity index (χ4v) is 2.51. The number of nitrogens with zero attached hydrogens (tertiary/aromatic N) is 2. The summed E-state index contributed by atoms with van der Waals surface area (Å²) in [4.78, 5) is 8.45. The van der Waals surface area contributed by atoms with Crippen LogP contribution in [0.2, 0.25) is 5.02 Å². The molecule has 120 valence electrons. The molecule has 23 heavy (non-hydrogen) atoms. The number of halogens is 1. The van der Waals surface area contributed by atoms with Crippen LogP contribution in [0.3, 0.4) is 0 Å². The van der Waals surface area contributed by atoms with Gasteiger partial charge in [0.05, 0.1) is 11.1 Å². The Labute approximate surface area is 142 Å². The fourth-order valence-electron chi connectivity index (χ4n) is 2.27. The molecule has 0 N–H and O–H groups in total. The number of hydrogen-bond donors (Lipinski definition) is 0. The van der Waals surface area contributed by atoms with Gasteiger partial charge in [-0.3, -0.25) is 0 Å². The Bertz CT molecular complexity index is 776. The van der Waals surface area contributed by atoms with Crippen LogP contribution in [0.15, 0.2) is 49.0 Å². The second-order valence-electron chi connectivity index (χ2n) is 5.33. The lowest BCUT2D eigenvalue weighted by Gasteiger charge is -2.17. The minimum absolute atomic E-state index is 0.0293. The Hall–Kier alpha value is -2.13. The van der Waals surface area contributed by atoms with Crippen LogP contribution in [0.4, 0.5) is 0 Å². The Morgan fingerprint density at radius 3 is 2.70 bits per heavy atom. The summed E-state index contributed by atoms with van der Waals surface area (Å²) in [6, 6.07) is 1.92. The number of allylic oxidation sites excluding steroid dienone is 6. The van der Waals surface area contributed by atoms with Crippen LogP contribution in [-0.4, -0.2) is 16.1 Å². The van der Waals surface area contributed by atoms with Gasteiger partial charge in [-0.1, -0.05) is 42.0 Å². The predicted molar refractivity (Wildman–Crippen MR) is 97.9 cm³/mol. The van der Waals surface area contributed by atoms with Crippen molar-refractivity contribution in [3.05, 3.63) is 59.6 Å². The van der Waals surface area contributed by atoms with E-state index >= 15 is 0 Å². The number of rotatable bonds is 5. The lowest BCUT2D eigenvalue weighted by atomic mass is 10.0. The van der Waals surface area contributed by atoms with Gasteiger partial charge in [-0.05, 0) is 39.3 Å². The van der Waals surface area contributed by atoms with E-state index in [4.69, 9.17) is 16.3 Å². The topological polar surface area (TPSA) is 35.0 Å². The summed E-state index contributed by atoms with van der Waals surface area (Å²) in [5.74, 6) is 0.732. The number of fused-ring (bicyclic) bond motifs is 1. The van der Waals surface area contributed by atoms with Crippen LogP contribution in [0, 0.1) is 0 Å². The van der Waals surface area contributed by atoms with Crippen LogP contribution in [0.25, 0.3) is 16.5 Å². The molecule has 4 heteroatoms. The molecule has 0 fully saturated rings. The zero-order valence-electron chi connectivity index (χ0n) is 13.9. The van der Waals surface area contributed by atoms with E-state index in [1.165, 1.54) is 6.33 Å². The quantitative estimate of drug-likeness (QED) is 0.669. The maximum atomic E-state index is 6.44. The van der Waals surface area contributed by atoms with Crippen molar-refractivity contribution in [1.29, 1.82) is 0 Å². The molecule has 0 aliphatic carbocycles. The summed E-state index contributed by atoms with van der Waals surface area (Å²) in [7, 11) is 0. The van der Waals surface area contributed by atoms with Crippen molar-refractivity contribution in [2.45, 2.75) is 33.8 Å². The maximum absolute atomic E-state index is 6.44. The smallest absolute Gasteiger partial charge is 0.153 e. The van der Waals surface area contributed by atoms with Gasteiger partial charge in [0.15, 0.2) is 5.75 Å². The van der Waals surface area contributed by atoms with Crippen molar-refractivity contribution in [1.82, 2.24) is 9.97 Å². The minimum Gasteiger partial charge on any atom is -0.488 e. The van der Waals surface area contributed by atoms with E-state index in [9.17, 15) is 0 Å². The van der Waals surface area contributed by atoms with E-state index in [2.05, 4.69) is 9.97 Å². The summed E-state index contributed by atoms with van der Waals surface area (Å²) in [6.07, 6.45) is 13.3.